The van der Waals surface area contributed by atoms with Crippen molar-refractivity contribution in [1.29, 1.82) is 0 Å². The average Bonchev–Trinajstić information content (AvgIpc) is 2.80. The Morgan fingerprint density at radius 2 is 1.46 bits per heavy atom. The number of hydrogen-bond acceptors (Lipinski definition) is 5. The Bertz CT molecular complexity index is 853. The third-order valence-corrected chi connectivity index (χ3v) is 6.60. The summed E-state index contributed by atoms with van der Waals surface area (Å²) in [6.45, 7) is 18.4. The van der Waals surface area contributed by atoms with Crippen LogP contribution in [0, 0.1) is 5.41 Å². The van der Waals surface area contributed by atoms with Crippen molar-refractivity contribution in [3.8, 4) is 5.75 Å². The fourth-order valence-corrected chi connectivity index (χ4v) is 5.19. The van der Waals surface area contributed by atoms with Crippen LogP contribution in [-0.2, 0) is 16.7 Å². The summed E-state index contributed by atoms with van der Waals surface area (Å²) >= 11 is 0. The van der Waals surface area contributed by atoms with E-state index in [1.807, 2.05) is 12.1 Å². The van der Waals surface area contributed by atoms with Crippen molar-refractivity contribution in [2.75, 3.05) is 52.5 Å². The third kappa shape index (κ3) is 9.92. The van der Waals surface area contributed by atoms with E-state index in [-0.39, 0.29) is 10.8 Å². The molecule has 1 saturated heterocycles. The molecule has 2 aromatic rings. The minimum atomic E-state index is -0.472. The topological polar surface area (TPSA) is 45.2 Å². The number of β-amino-alcohol motifs (C(OH)–C–C–N with tert-alkyl or cyclic N) is 1. The standard InChI is InChI=1S/C30H46N2O3/c1-29(2,3)24-30(4,5)26-11-13-28(14-12-26)35-20-19-34-23-27(33)22-32-17-15-31(16-18-32)21-25-9-7-6-8-10-25/h6-14,27,33H,15-24H2,1-5H3/t27-/m0/s1. The first-order valence-electron chi connectivity index (χ1n) is 13.1. The van der Waals surface area contributed by atoms with Crippen LogP contribution in [0.4, 0.5) is 0 Å². The molecule has 0 bridgehead atoms. The molecule has 194 valence electrons. The van der Waals surface area contributed by atoms with Crippen molar-refractivity contribution in [2.24, 2.45) is 5.41 Å². The molecule has 5 heteroatoms. The van der Waals surface area contributed by atoms with E-state index in [1.54, 1.807) is 0 Å². The number of piperazine rings is 1. The highest BCUT2D eigenvalue weighted by Crippen LogP contribution is 2.36. The van der Waals surface area contributed by atoms with Gasteiger partial charge in [-0.15, -0.1) is 0 Å². The maximum absolute atomic E-state index is 10.4. The lowest BCUT2D eigenvalue weighted by Crippen LogP contribution is -2.48. The molecule has 35 heavy (non-hydrogen) atoms. The number of aliphatic hydroxyl groups is 1. The lowest BCUT2D eigenvalue weighted by Gasteiger charge is -2.35. The lowest BCUT2D eigenvalue weighted by molar-refractivity contribution is -0.000437. The van der Waals surface area contributed by atoms with Crippen LogP contribution in [0.25, 0.3) is 0 Å². The van der Waals surface area contributed by atoms with Crippen molar-refractivity contribution in [2.45, 2.75) is 59.1 Å². The summed E-state index contributed by atoms with van der Waals surface area (Å²) in [5.41, 5.74) is 3.11. The minimum absolute atomic E-state index is 0.130. The quantitative estimate of drug-likeness (QED) is 0.433. The first-order valence-corrected chi connectivity index (χ1v) is 13.1. The van der Waals surface area contributed by atoms with Gasteiger partial charge in [-0.25, -0.2) is 0 Å². The molecular formula is C30H46N2O3. The zero-order valence-electron chi connectivity index (χ0n) is 22.5. The van der Waals surface area contributed by atoms with Gasteiger partial charge < -0.3 is 14.6 Å². The Morgan fingerprint density at radius 3 is 2.09 bits per heavy atom. The highest BCUT2D eigenvalue weighted by Gasteiger charge is 2.27. The highest BCUT2D eigenvalue weighted by molar-refractivity contribution is 5.31. The molecule has 1 atom stereocenters. The van der Waals surface area contributed by atoms with E-state index in [0.717, 1.165) is 44.9 Å². The monoisotopic (exact) mass is 482 g/mol. The van der Waals surface area contributed by atoms with E-state index >= 15 is 0 Å². The second kappa shape index (κ2) is 12.9. The summed E-state index contributed by atoms with van der Waals surface area (Å²) in [6, 6.07) is 19.1. The molecule has 1 fully saturated rings. The summed E-state index contributed by atoms with van der Waals surface area (Å²) < 4.78 is 11.5. The number of hydrogen-bond donors (Lipinski definition) is 1. The summed E-state index contributed by atoms with van der Waals surface area (Å²) in [5, 5.41) is 10.4. The normalized spacial score (nSPS) is 16.9. The summed E-state index contributed by atoms with van der Waals surface area (Å²) in [7, 11) is 0. The van der Waals surface area contributed by atoms with Crippen molar-refractivity contribution < 1.29 is 14.6 Å². The average molecular weight is 483 g/mol. The molecule has 2 aromatic carbocycles. The van der Waals surface area contributed by atoms with Crippen molar-refractivity contribution in [3.05, 3.63) is 65.7 Å². The van der Waals surface area contributed by atoms with E-state index in [2.05, 4.69) is 86.9 Å². The van der Waals surface area contributed by atoms with Crippen LogP contribution in [-0.4, -0.2) is 73.6 Å². The first-order chi connectivity index (χ1) is 16.6. The van der Waals surface area contributed by atoms with Crippen LogP contribution in [0.15, 0.2) is 54.6 Å². The van der Waals surface area contributed by atoms with Crippen molar-refractivity contribution >= 4 is 0 Å². The number of aliphatic hydroxyl groups excluding tert-OH is 1. The van der Waals surface area contributed by atoms with Crippen LogP contribution in [0.1, 0.15) is 52.2 Å². The zero-order valence-corrected chi connectivity index (χ0v) is 22.5. The van der Waals surface area contributed by atoms with Crippen LogP contribution in [0.5, 0.6) is 5.75 Å². The zero-order chi connectivity index (χ0) is 25.3. The number of nitrogens with zero attached hydrogens (tertiary/aromatic N) is 2. The molecule has 1 aliphatic rings. The van der Waals surface area contributed by atoms with E-state index in [1.165, 1.54) is 11.1 Å². The van der Waals surface area contributed by atoms with Gasteiger partial charge in [0.2, 0.25) is 0 Å². The van der Waals surface area contributed by atoms with Gasteiger partial charge in [0.25, 0.3) is 0 Å². The maximum atomic E-state index is 10.4. The summed E-state index contributed by atoms with van der Waals surface area (Å²) in [4.78, 5) is 4.80. The molecule has 3 rings (SSSR count). The van der Waals surface area contributed by atoms with E-state index in [0.29, 0.717) is 26.4 Å². The molecule has 1 heterocycles. The Hall–Kier alpha value is -1.92. The molecule has 5 nitrogen and oxygen atoms in total. The second-order valence-electron chi connectivity index (χ2n) is 11.8. The largest absolute Gasteiger partial charge is 0.491 e. The SMILES string of the molecule is CC(C)(C)CC(C)(C)c1ccc(OCCOC[C@@H](O)CN2CCN(Cc3ccccc3)CC2)cc1. The molecular weight excluding hydrogens is 436 g/mol. The van der Waals surface area contributed by atoms with Gasteiger partial charge >= 0.3 is 0 Å². The Morgan fingerprint density at radius 1 is 0.829 bits per heavy atom. The van der Waals surface area contributed by atoms with Gasteiger partial charge in [0.1, 0.15) is 12.4 Å². The van der Waals surface area contributed by atoms with Gasteiger partial charge in [0.05, 0.1) is 19.3 Å². The number of ether oxygens (including phenoxy) is 2. The highest BCUT2D eigenvalue weighted by atomic mass is 16.5. The fourth-order valence-electron chi connectivity index (χ4n) is 5.19. The van der Waals surface area contributed by atoms with E-state index in [9.17, 15) is 5.11 Å². The van der Waals surface area contributed by atoms with Crippen molar-refractivity contribution in [1.82, 2.24) is 9.80 Å². The van der Waals surface area contributed by atoms with Gasteiger partial charge in [-0.3, -0.25) is 9.80 Å². The van der Waals surface area contributed by atoms with Crippen LogP contribution in [0.2, 0.25) is 0 Å². The van der Waals surface area contributed by atoms with Gasteiger partial charge in [0, 0.05) is 39.3 Å². The third-order valence-electron chi connectivity index (χ3n) is 6.60. The Labute approximate surface area is 213 Å². The molecule has 0 spiro atoms. The minimum Gasteiger partial charge on any atom is -0.491 e. The van der Waals surface area contributed by atoms with Crippen molar-refractivity contribution in [3.63, 3.8) is 0 Å². The Kier molecular flexibility index (Phi) is 10.2. The molecule has 1 aliphatic heterocycles. The van der Waals surface area contributed by atoms with E-state index < -0.39 is 6.10 Å². The summed E-state index contributed by atoms with van der Waals surface area (Å²) in [5.74, 6) is 0.859. The fraction of sp³-hybridized carbons (Fsp3) is 0.600. The van der Waals surface area contributed by atoms with Gasteiger partial charge in [-0.05, 0) is 40.5 Å². The molecule has 0 radical (unpaired) electrons. The van der Waals surface area contributed by atoms with E-state index in [4.69, 9.17) is 9.47 Å². The molecule has 0 amide bonds. The molecule has 0 unspecified atom stereocenters. The summed E-state index contributed by atoms with van der Waals surface area (Å²) in [6.07, 6.45) is 0.653. The van der Waals surface area contributed by atoms with Gasteiger partial charge in [-0.1, -0.05) is 77.1 Å². The number of rotatable bonds is 12. The second-order valence-corrected chi connectivity index (χ2v) is 11.8. The molecule has 0 aromatic heterocycles. The van der Waals surface area contributed by atoms with Gasteiger partial charge in [-0.2, -0.15) is 0 Å². The predicted molar refractivity (Wildman–Crippen MR) is 144 cm³/mol. The lowest BCUT2D eigenvalue weighted by atomic mass is 9.72. The van der Waals surface area contributed by atoms with Crippen LogP contribution >= 0.6 is 0 Å². The molecule has 0 aliphatic carbocycles. The molecule has 0 saturated carbocycles. The van der Waals surface area contributed by atoms with Gasteiger partial charge in [0.15, 0.2) is 0 Å². The predicted octanol–water partition coefficient (Wildman–Crippen LogP) is 4.97. The van der Waals surface area contributed by atoms with Crippen LogP contribution in [0.3, 0.4) is 0 Å². The smallest absolute Gasteiger partial charge is 0.119 e. The van der Waals surface area contributed by atoms with Crippen LogP contribution < -0.4 is 4.74 Å². The number of benzene rings is 2. The Balaban J connectivity index is 1.27. The molecule has 1 N–H and O–H groups in total. The first kappa shape index (κ1) is 27.7. The maximum Gasteiger partial charge on any atom is 0.119 e.